The molecule has 10 heteroatoms. The van der Waals surface area contributed by atoms with E-state index in [2.05, 4.69) is 59.8 Å². The first-order valence-corrected chi connectivity index (χ1v) is 14.0. The summed E-state index contributed by atoms with van der Waals surface area (Å²) >= 11 is 1.69. The van der Waals surface area contributed by atoms with E-state index in [-0.39, 0.29) is 24.2 Å². The predicted molar refractivity (Wildman–Crippen MR) is 152 cm³/mol. The number of piperazine rings is 1. The molecular formula is C28H35N7O2S. The average molecular weight is 534 g/mol. The molecule has 200 valence electrons. The van der Waals surface area contributed by atoms with E-state index in [4.69, 9.17) is 9.84 Å². The number of nitrogens with zero attached hydrogens (tertiary/aromatic N) is 7. The highest BCUT2D eigenvalue weighted by Gasteiger charge is 2.36. The molecule has 0 radical (unpaired) electrons. The van der Waals surface area contributed by atoms with Crippen molar-refractivity contribution in [3.63, 3.8) is 0 Å². The van der Waals surface area contributed by atoms with Crippen molar-refractivity contribution >= 4 is 38.3 Å². The van der Waals surface area contributed by atoms with Gasteiger partial charge in [0.2, 0.25) is 0 Å². The Labute approximate surface area is 226 Å². The first-order valence-electron chi connectivity index (χ1n) is 13.2. The number of hydrogen-bond donors (Lipinski definition) is 0. The van der Waals surface area contributed by atoms with Crippen LogP contribution in [0, 0.1) is 11.3 Å². The van der Waals surface area contributed by atoms with Crippen LogP contribution in [0.4, 0.5) is 5.69 Å². The van der Waals surface area contributed by atoms with Crippen LogP contribution in [0.15, 0.2) is 35.3 Å². The van der Waals surface area contributed by atoms with Crippen LogP contribution in [0.25, 0.3) is 21.3 Å². The maximum Gasteiger partial charge on any atom is 0.252 e. The average Bonchev–Trinajstić information content (AvgIpc) is 3.53. The first kappa shape index (κ1) is 26.4. The van der Waals surface area contributed by atoms with Crippen molar-refractivity contribution in [2.45, 2.75) is 64.9 Å². The third kappa shape index (κ3) is 4.70. The molecule has 1 aliphatic rings. The molecule has 4 aromatic rings. The molecule has 1 saturated heterocycles. The van der Waals surface area contributed by atoms with Crippen molar-refractivity contribution in [2.24, 2.45) is 7.05 Å². The molecule has 1 aromatic carbocycles. The molecule has 5 rings (SSSR count). The van der Waals surface area contributed by atoms with Crippen LogP contribution in [-0.2, 0) is 24.9 Å². The van der Waals surface area contributed by atoms with Crippen molar-refractivity contribution in [3.05, 3.63) is 51.4 Å². The molecular weight excluding hydrogens is 498 g/mol. The van der Waals surface area contributed by atoms with Crippen LogP contribution in [0.2, 0.25) is 0 Å². The lowest BCUT2D eigenvalue weighted by molar-refractivity contribution is 0.101. The lowest BCUT2D eigenvalue weighted by Gasteiger charge is -2.49. The molecule has 0 N–H and O–H groups in total. The standard InChI is InChI=1S/C28H35N7O2S/c1-6-20-15-35(23-13-27(36)32(4)24-16-33(11-10-29)31-28(23)24)21(7-2)14-34(20)18(3)19-8-9-22-25(12-19)38-26(30-22)17-37-5/h8-9,12-13,16,18,20-21H,6-7,11,14-15,17H2,1-5H3/t18-,20-,21+/m1/s1. The lowest BCUT2D eigenvalue weighted by Crippen LogP contribution is -2.58. The van der Waals surface area contributed by atoms with E-state index in [1.807, 2.05) is 0 Å². The number of thiazole rings is 1. The topological polar surface area (TPSA) is 92.2 Å². The van der Waals surface area contributed by atoms with Gasteiger partial charge in [0.25, 0.3) is 5.56 Å². The number of aromatic nitrogens is 4. The molecule has 9 nitrogen and oxygen atoms in total. The number of nitriles is 1. The minimum Gasteiger partial charge on any atom is -0.378 e. The lowest BCUT2D eigenvalue weighted by atomic mass is 9.96. The third-order valence-corrected chi connectivity index (χ3v) is 8.86. The van der Waals surface area contributed by atoms with E-state index in [0.29, 0.717) is 12.6 Å². The summed E-state index contributed by atoms with van der Waals surface area (Å²) in [5.41, 5.74) is 4.65. The molecule has 0 amide bonds. The number of rotatable bonds is 8. The number of pyridine rings is 1. The van der Waals surface area contributed by atoms with Gasteiger partial charge in [0.15, 0.2) is 0 Å². The number of methoxy groups -OCH3 is 1. The van der Waals surface area contributed by atoms with E-state index in [0.717, 1.165) is 53.2 Å². The Morgan fingerprint density at radius 2 is 2.00 bits per heavy atom. The number of hydrogen-bond acceptors (Lipinski definition) is 8. The number of benzene rings is 1. The molecule has 3 atom stereocenters. The molecule has 38 heavy (non-hydrogen) atoms. The van der Waals surface area contributed by atoms with Crippen LogP contribution in [-0.4, -0.2) is 56.5 Å². The summed E-state index contributed by atoms with van der Waals surface area (Å²) < 4.78 is 9.71. The zero-order valence-electron chi connectivity index (χ0n) is 22.7. The van der Waals surface area contributed by atoms with Crippen LogP contribution in [0.3, 0.4) is 0 Å². The Morgan fingerprint density at radius 3 is 2.71 bits per heavy atom. The molecule has 0 saturated carbocycles. The van der Waals surface area contributed by atoms with Crippen LogP contribution < -0.4 is 10.5 Å². The van der Waals surface area contributed by atoms with E-state index in [9.17, 15) is 10.1 Å². The molecule has 1 aliphatic heterocycles. The van der Waals surface area contributed by atoms with Crippen molar-refractivity contribution in [3.8, 4) is 6.07 Å². The molecule has 4 heterocycles. The summed E-state index contributed by atoms with van der Waals surface area (Å²) in [7, 11) is 3.46. The quantitative estimate of drug-likeness (QED) is 0.330. The Balaban J connectivity index is 1.48. The number of anilines is 1. The highest BCUT2D eigenvalue weighted by atomic mass is 32.1. The fourth-order valence-corrected chi connectivity index (χ4v) is 6.68. The van der Waals surface area contributed by atoms with E-state index in [1.54, 1.807) is 47.0 Å². The van der Waals surface area contributed by atoms with Gasteiger partial charge in [-0.1, -0.05) is 19.9 Å². The van der Waals surface area contributed by atoms with Gasteiger partial charge in [0.1, 0.15) is 17.1 Å². The normalized spacial score (nSPS) is 19.3. The van der Waals surface area contributed by atoms with E-state index >= 15 is 0 Å². The second-order valence-corrected chi connectivity index (χ2v) is 11.2. The second kappa shape index (κ2) is 10.8. The minimum atomic E-state index is -0.0617. The Bertz CT molecular complexity index is 1550. The summed E-state index contributed by atoms with van der Waals surface area (Å²) in [6.45, 7) is 9.13. The summed E-state index contributed by atoms with van der Waals surface area (Å²) in [6, 6.07) is 11.3. The van der Waals surface area contributed by atoms with Crippen molar-refractivity contribution in [1.82, 2.24) is 24.2 Å². The van der Waals surface area contributed by atoms with Gasteiger partial charge in [-0.2, -0.15) is 10.4 Å². The van der Waals surface area contributed by atoms with Crippen LogP contribution in [0.5, 0.6) is 0 Å². The molecule has 0 unspecified atom stereocenters. The number of ether oxygens (including phenoxy) is 1. The Morgan fingerprint density at radius 1 is 1.21 bits per heavy atom. The highest BCUT2D eigenvalue weighted by Crippen LogP contribution is 2.35. The maximum absolute atomic E-state index is 12.9. The van der Waals surface area contributed by atoms with Crippen LogP contribution in [0.1, 0.15) is 50.2 Å². The van der Waals surface area contributed by atoms with Gasteiger partial charge < -0.3 is 14.2 Å². The summed E-state index contributed by atoms with van der Waals surface area (Å²) in [5.74, 6) is 0. The number of fused-ring (bicyclic) bond motifs is 2. The third-order valence-electron chi connectivity index (χ3n) is 7.87. The fraction of sp³-hybridized carbons (Fsp3) is 0.500. The Hall–Kier alpha value is -3.26. The monoisotopic (exact) mass is 533 g/mol. The van der Waals surface area contributed by atoms with Crippen molar-refractivity contribution in [2.75, 3.05) is 25.1 Å². The minimum absolute atomic E-state index is 0.0617. The second-order valence-electron chi connectivity index (χ2n) is 10.1. The van der Waals surface area contributed by atoms with Gasteiger partial charge in [0, 0.05) is 51.4 Å². The zero-order valence-corrected chi connectivity index (χ0v) is 23.5. The van der Waals surface area contributed by atoms with Gasteiger partial charge in [-0.3, -0.25) is 14.4 Å². The maximum atomic E-state index is 12.9. The first-order chi connectivity index (χ1) is 18.4. The number of aryl methyl sites for hydroxylation is 1. The molecule has 0 spiro atoms. The van der Waals surface area contributed by atoms with E-state index in [1.165, 1.54) is 10.3 Å². The Kier molecular flexibility index (Phi) is 7.52. The summed E-state index contributed by atoms with van der Waals surface area (Å²) in [4.78, 5) is 22.6. The van der Waals surface area contributed by atoms with Gasteiger partial charge in [0.05, 0.1) is 40.3 Å². The van der Waals surface area contributed by atoms with Crippen molar-refractivity contribution in [1.29, 1.82) is 5.26 Å². The van der Waals surface area contributed by atoms with Gasteiger partial charge in [-0.05, 0) is 37.5 Å². The highest BCUT2D eigenvalue weighted by molar-refractivity contribution is 7.18. The molecule has 0 bridgehead atoms. The molecule has 0 aliphatic carbocycles. The molecule has 3 aromatic heterocycles. The van der Waals surface area contributed by atoms with Crippen LogP contribution >= 0.6 is 11.3 Å². The predicted octanol–water partition coefficient (Wildman–Crippen LogP) is 4.46. The fourth-order valence-electron chi connectivity index (χ4n) is 5.69. The smallest absolute Gasteiger partial charge is 0.252 e. The summed E-state index contributed by atoms with van der Waals surface area (Å²) in [6.07, 6.45) is 3.74. The zero-order chi connectivity index (χ0) is 27.0. The van der Waals surface area contributed by atoms with Gasteiger partial charge in [-0.15, -0.1) is 11.3 Å². The van der Waals surface area contributed by atoms with Gasteiger partial charge >= 0.3 is 0 Å². The SMILES string of the molecule is CC[C@H]1CN([C@H](C)c2ccc3nc(COC)sc3c2)[C@H](CC)CN1c1cc(=O)n(C)c2cn(CC#N)nc12. The van der Waals surface area contributed by atoms with Crippen molar-refractivity contribution < 1.29 is 4.74 Å². The van der Waals surface area contributed by atoms with Gasteiger partial charge in [-0.25, -0.2) is 4.98 Å². The largest absolute Gasteiger partial charge is 0.378 e. The molecule has 1 fully saturated rings. The van der Waals surface area contributed by atoms with E-state index < -0.39 is 0 Å². The summed E-state index contributed by atoms with van der Waals surface area (Å²) in [5, 5.41) is 14.9.